The molecule has 0 aliphatic heterocycles. The van der Waals surface area contributed by atoms with Crippen molar-refractivity contribution < 1.29 is 14.3 Å². The summed E-state index contributed by atoms with van der Waals surface area (Å²) < 4.78 is 11.5. The highest BCUT2D eigenvalue weighted by Crippen LogP contribution is 2.17. The molecule has 0 bridgehead atoms. The molecule has 0 aliphatic rings. The lowest BCUT2D eigenvalue weighted by atomic mass is 10.2. The summed E-state index contributed by atoms with van der Waals surface area (Å²) in [6.07, 6.45) is 5.03. The molecule has 0 aliphatic carbocycles. The molecular weight excluding hydrogens is 332 g/mol. The highest BCUT2D eigenvalue weighted by Gasteiger charge is 2.06. The van der Waals surface area contributed by atoms with Crippen LogP contribution in [0.15, 0.2) is 53.0 Å². The van der Waals surface area contributed by atoms with Gasteiger partial charge in [-0.05, 0) is 42.0 Å². The predicted molar refractivity (Wildman–Crippen MR) is 84.0 cm³/mol. The molecule has 2 rings (SSSR count). The molecule has 0 saturated heterocycles. The number of hydrogen-bond donors (Lipinski definition) is 0. The van der Waals surface area contributed by atoms with E-state index >= 15 is 0 Å². The molecule has 0 heterocycles. The Labute approximate surface area is 132 Å². The minimum Gasteiger partial charge on any atom is -0.489 e. The number of carbonyl (C=O) groups excluding carboxylic acids is 1. The van der Waals surface area contributed by atoms with Crippen LogP contribution in [0.1, 0.15) is 15.9 Å². The fourth-order valence-electron chi connectivity index (χ4n) is 1.67. The lowest BCUT2D eigenvalue weighted by molar-refractivity contribution is 0.0556. The first-order chi connectivity index (χ1) is 10.2. The minimum atomic E-state index is -0.438. The molecule has 0 spiro atoms. The highest BCUT2D eigenvalue weighted by molar-refractivity contribution is 9.10. The summed E-state index contributed by atoms with van der Waals surface area (Å²) in [4.78, 5) is 11.6. The number of ether oxygens (including phenoxy) is 2. The first kappa shape index (κ1) is 15.1. The van der Waals surface area contributed by atoms with Crippen molar-refractivity contribution in [1.29, 1.82) is 0 Å². The summed E-state index contributed by atoms with van der Waals surface area (Å²) in [6, 6.07) is 14.6. The Balaban J connectivity index is 1.93. The fourth-order valence-corrected chi connectivity index (χ4v) is 2.12. The van der Waals surface area contributed by atoms with Gasteiger partial charge < -0.3 is 9.47 Å². The van der Waals surface area contributed by atoms with Gasteiger partial charge in [-0.15, -0.1) is 6.42 Å². The highest BCUT2D eigenvalue weighted by atomic mass is 79.9. The van der Waals surface area contributed by atoms with Crippen LogP contribution < -0.4 is 4.74 Å². The van der Waals surface area contributed by atoms with E-state index in [9.17, 15) is 4.79 Å². The molecule has 2 aromatic rings. The molecule has 0 saturated carbocycles. The summed E-state index contributed by atoms with van der Waals surface area (Å²) >= 11 is 3.41. The maximum Gasteiger partial charge on any atom is 0.339 e. The van der Waals surface area contributed by atoms with Gasteiger partial charge in [-0.25, -0.2) is 4.79 Å². The largest absolute Gasteiger partial charge is 0.489 e. The van der Waals surface area contributed by atoms with Gasteiger partial charge in [0.2, 0.25) is 0 Å². The number of hydrogen-bond acceptors (Lipinski definition) is 3. The monoisotopic (exact) mass is 344 g/mol. The minimum absolute atomic E-state index is 0.0278. The summed E-state index contributed by atoms with van der Waals surface area (Å²) in [6.45, 7) is 0.431. The molecule has 0 N–H and O–H groups in total. The topological polar surface area (TPSA) is 35.5 Å². The van der Waals surface area contributed by atoms with Crippen LogP contribution >= 0.6 is 15.9 Å². The molecule has 0 radical (unpaired) electrons. The van der Waals surface area contributed by atoms with Crippen LogP contribution in [-0.2, 0) is 11.3 Å². The van der Waals surface area contributed by atoms with E-state index < -0.39 is 5.97 Å². The lowest BCUT2D eigenvalue weighted by Crippen LogP contribution is -2.05. The second-order valence-corrected chi connectivity index (χ2v) is 5.14. The third-order valence-electron chi connectivity index (χ3n) is 2.67. The van der Waals surface area contributed by atoms with E-state index in [1.54, 1.807) is 24.3 Å². The van der Waals surface area contributed by atoms with Crippen molar-refractivity contribution in [3.05, 3.63) is 64.1 Å². The number of rotatable bonds is 5. The van der Waals surface area contributed by atoms with Crippen molar-refractivity contribution in [3.63, 3.8) is 0 Å². The first-order valence-corrected chi connectivity index (χ1v) is 7.06. The Bertz CT molecular complexity index is 656. The van der Waals surface area contributed by atoms with E-state index in [2.05, 4.69) is 21.9 Å². The van der Waals surface area contributed by atoms with Gasteiger partial charge in [-0.3, -0.25) is 0 Å². The van der Waals surface area contributed by atoms with Crippen molar-refractivity contribution in [2.75, 3.05) is 6.61 Å². The Morgan fingerprint density at radius 3 is 2.62 bits per heavy atom. The van der Waals surface area contributed by atoms with Crippen LogP contribution in [0.2, 0.25) is 0 Å². The molecular formula is C17H13BrO3. The average molecular weight is 345 g/mol. The van der Waals surface area contributed by atoms with Gasteiger partial charge in [0.15, 0.2) is 6.61 Å². The Morgan fingerprint density at radius 2 is 1.95 bits per heavy atom. The van der Waals surface area contributed by atoms with Gasteiger partial charge in [0.1, 0.15) is 12.4 Å². The fraction of sp³-hybridized carbons (Fsp3) is 0.118. The van der Waals surface area contributed by atoms with E-state index in [-0.39, 0.29) is 6.61 Å². The van der Waals surface area contributed by atoms with E-state index in [0.29, 0.717) is 17.9 Å². The molecule has 21 heavy (non-hydrogen) atoms. The van der Waals surface area contributed by atoms with Gasteiger partial charge in [-0.2, -0.15) is 0 Å². The van der Waals surface area contributed by atoms with Crippen LogP contribution in [0.4, 0.5) is 0 Å². The SMILES string of the molecule is C#CCOC(=O)c1ccc(OCc2cccc(Br)c2)cc1. The van der Waals surface area contributed by atoms with Crippen molar-refractivity contribution in [2.45, 2.75) is 6.61 Å². The van der Waals surface area contributed by atoms with Crippen molar-refractivity contribution in [2.24, 2.45) is 0 Å². The van der Waals surface area contributed by atoms with Gasteiger partial charge in [-0.1, -0.05) is 34.0 Å². The molecule has 0 aromatic heterocycles. The number of halogens is 1. The lowest BCUT2D eigenvalue weighted by Gasteiger charge is -2.07. The van der Waals surface area contributed by atoms with Gasteiger partial charge in [0.05, 0.1) is 5.56 Å². The zero-order valence-electron chi connectivity index (χ0n) is 11.2. The second-order valence-electron chi connectivity index (χ2n) is 4.22. The third kappa shape index (κ3) is 4.66. The van der Waals surface area contributed by atoms with Crippen LogP contribution in [0, 0.1) is 12.3 Å². The van der Waals surface area contributed by atoms with Crippen LogP contribution in [0.5, 0.6) is 5.75 Å². The number of carbonyl (C=O) groups is 1. The second kappa shape index (κ2) is 7.51. The van der Waals surface area contributed by atoms with Crippen LogP contribution in [-0.4, -0.2) is 12.6 Å². The molecule has 4 heteroatoms. The number of terminal acetylenes is 1. The smallest absolute Gasteiger partial charge is 0.339 e. The van der Waals surface area contributed by atoms with Crippen molar-refractivity contribution in [3.8, 4) is 18.1 Å². The molecule has 3 nitrogen and oxygen atoms in total. The van der Waals surface area contributed by atoms with Crippen LogP contribution in [0.3, 0.4) is 0 Å². The van der Waals surface area contributed by atoms with Crippen molar-refractivity contribution in [1.82, 2.24) is 0 Å². The van der Waals surface area contributed by atoms with Crippen LogP contribution in [0.25, 0.3) is 0 Å². The quantitative estimate of drug-likeness (QED) is 0.611. The van der Waals surface area contributed by atoms with E-state index in [0.717, 1.165) is 10.0 Å². The number of benzene rings is 2. The Kier molecular flexibility index (Phi) is 5.42. The zero-order valence-corrected chi connectivity index (χ0v) is 12.8. The first-order valence-electron chi connectivity index (χ1n) is 6.27. The predicted octanol–water partition coefficient (Wildman–Crippen LogP) is 3.82. The van der Waals surface area contributed by atoms with Gasteiger partial charge in [0.25, 0.3) is 0 Å². The molecule has 106 valence electrons. The summed E-state index contributed by atoms with van der Waals surface area (Å²) in [7, 11) is 0. The third-order valence-corrected chi connectivity index (χ3v) is 3.16. The van der Waals surface area contributed by atoms with E-state index in [4.69, 9.17) is 15.9 Å². The standard InChI is InChI=1S/C17H13BrO3/c1-2-10-20-17(19)14-6-8-16(9-7-14)21-12-13-4-3-5-15(18)11-13/h1,3-9,11H,10,12H2. The molecule has 2 aromatic carbocycles. The Morgan fingerprint density at radius 1 is 1.19 bits per heavy atom. The van der Waals surface area contributed by atoms with Gasteiger partial charge >= 0.3 is 5.97 Å². The van der Waals surface area contributed by atoms with E-state index in [1.165, 1.54) is 0 Å². The maximum absolute atomic E-state index is 11.6. The molecule has 0 amide bonds. The number of esters is 1. The average Bonchev–Trinajstić information content (AvgIpc) is 2.51. The molecule has 0 unspecified atom stereocenters. The molecule has 0 atom stereocenters. The zero-order chi connectivity index (χ0) is 15.1. The summed E-state index contributed by atoms with van der Waals surface area (Å²) in [5, 5.41) is 0. The molecule has 0 fully saturated rings. The van der Waals surface area contributed by atoms with E-state index in [1.807, 2.05) is 24.3 Å². The summed E-state index contributed by atoms with van der Waals surface area (Å²) in [5.74, 6) is 2.50. The van der Waals surface area contributed by atoms with Crippen molar-refractivity contribution >= 4 is 21.9 Å². The normalized spacial score (nSPS) is 9.71. The van der Waals surface area contributed by atoms with Gasteiger partial charge in [0, 0.05) is 4.47 Å². The maximum atomic E-state index is 11.6. The summed E-state index contributed by atoms with van der Waals surface area (Å²) in [5.41, 5.74) is 1.50. The Hall–Kier alpha value is -2.25.